The molecule has 0 bridgehead atoms. The van der Waals surface area contributed by atoms with E-state index in [0.29, 0.717) is 0 Å². The number of allylic oxidation sites excluding steroid dienone is 3. The van der Waals surface area contributed by atoms with E-state index in [1.54, 1.807) is 6.08 Å². The van der Waals surface area contributed by atoms with Gasteiger partial charge in [-0.25, -0.2) is 0 Å². The van der Waals surface area contributed by atoms with E-state index in [2.05, 4.69) is 65.0 Å². The normalized spacial score (nSPS) is 18.2. The fraction of sp³-hybridized carbons (Fsp3) is 0.419. The van der Waals surface area contributed by atoms with Crippen LogP contribution in [0, 0.1) is 18.3 Å². The number of benzene rings is 2. The van der Waals surface area contributed by atoms with Crippen molar-refractivity contribution in [1.82, 2.24) is 4.90 Å². The van der Waals surface area contributed by atoms with Gasteiger partial charge in [0.05, 0.1) is 12.0 Å². The molecule has 1 heterocycles. The molecule has 1 aliphatic heterocycles. The first kappa shape index (κ1) is 25.7. The van der Waals surface area contributed by atoms with Gasteiger partial charge in [-0.2, -0.15) is 0 Å². The van der Waals surface area contributed by atoms with Gasteiger partial charge in [-0.15, -0.1) is 0 Å². The summed E-state index contributed by atoms with van der Waals surface area (Å²) in [5.41, 5.74) is 5.23. The van der Waals surface area contributed by atoms with Crippen molar-refractivity contribution in [2.45, 2.75) is 66.8 Å². The number of aryl methyl sites for hydroxylation is 1. The first-order chi connectivity index (χ1) is 16.1. The van der Waals surface area contributed by atoms with Crippen molar-refractivity contribution in [3.63, 3.8) is 0 Å². The summed E-state index contributed by atoms with van der Waals surface area (Å²) in [6.07, 6.45) is 6.12. The topological polar surface area (TPSA) is 37.4 Å². The van der Waals surface area contributed by atoms with Gasteiger partial charge in [-0.1, -0.05) is 87.0 Å². The average Bonchev–Trinajstić information content (AvgIpc) is 3.25. The predicted octanol–water partition coefficient (Wildman–Crippen LogP) is 7.11. The molecule has 0 saturated carbocycles. The SMILES string of the molecule is C/C(=C\[C@@H]1CCCN1C(=O)[C@@H](CC(=O)/C=C(\C)c1ccc(C)cc1)C(C)(C)C)c1ccccc1. The molecular weight excluding hydrogens is 418 g/mol. The Hall–Kier alpha value is -2.94. The molecule has 0 aliphatic carbocycles. The number of nitrogens with zero attached hydrogens (tertiary/aromatic N) is 1. The molecule has 0 N–H and O–H groups in total. The van der Waals surface area contributed by atoms with E-state index in [1.807, 2.05) is 42.2 Å². The van der Waals surface area contributed by atoms with Crippen LogP contribution in [0.3, 0.4) is 0 Å². The molecule has 3 nitrogen and oxygen atoms in total. The maximum atomic E-state index is 13.8. The molecule has 1 fully saturated rings. The largest absolute Gasteiger partial charge is 0.336 e. The standard InChI is InChI=1S/C31H39NO2/c1-22-14-16-26(17-15-22)24(3)20-28(33)21-29(31(4,5)6)30(34)32-18-10-13-27(32)19-23(2)25-11-8-7-9-12-25/h7-9,11-12,14-17,19-20,27,29H,10,13,18,21H2,1-6H3/b23-19+,24-20+/t27-,29+/m0/s1. The van der Waals surface area contributed by atoms with E-state index < -0.39 is 0 Å². The molecule has 3 heteroatoms. The summed E-state index contributed by atoms with van der Waals surface area (Å²) in [5, 5.41) is 0. The van der Waals surface area contributed by atoms with Gasteiger partial charge in [0, 0.05) is 13.0 Å². The van der Waals surface area contributed by atoms with Crippen LogP contribution in [0.5, 0.6) is 0 Å². The quantitative estimate of drug-likeness (QED) is 0.415. The van der Waals surface area contributed by atoms with Gasteiger partial charge < -0.3 is 4.90 Å². The Bertz CT molecular complexity index is 1050. The van der Waals surface area contributed by atoms with Gasteiger partial charge >= 0.3 is 0 Å². The van der Waals surface area contributed by atoms with Crippen LogP contribution in [-0.4, -0.2) is 29.2 Å². The Balaban J connectivity index is 1.78. The third-order valence-corrected chi connectivity index (χ3v) is 6.89. The smallest absolute Gasteiger partial charge is 0.227 e. The average molecular weight is 458 g/mol. The van der Waals surface area contributed by atoms with Crippen LogP contribution in [-0.2, 0) is 9.59 Å². The van der Waals surface area contributed by atoms with E-state index in [-0.39, 0.29) is 35.5 Å². The molecule has 3 rings (SSSR count). The third-order valence-electron chi connectivity index (χ3n) is 6.89. The number of carbonyl (C=O) groups excluding carboxylic acids is 2. The van der Waals surface area contributed by atoms with E-state index in [4.69, 9.17) is 0 Å². The summed E-state index contributed by atoms with van der Waals surface area (Å²) in [4.78, 5) is 28.8. The zero-order valence-electron chi connectivity index (χ0n) is 21.6. The van der Waals surface area contributed by atoms with Gasteiger partial charge in [0.15, 0.2) is 5.78 Å². The maximum absolute atomic E-state index is 13.8. The number of rotatable bonds is 7. The lowest BCUT2D eigenvalue weighted by Crippen LogP contribution is -2.44. The monoisotopic (exact) mass is 457 g/mol. The molecule has 180 valence electrons. The van der Waals surface area contributed by atoms with Crippen molar-refractivity contribution in [3.05, 3.63) is 83.4 Å². The van der Waals surface area contributed by atoms with Crippen LogP contribution in [0.4, 0.5) is 0 Å². The predicted molar refractivity (Wildman–Crippen MR) is 142 cm³/mol. The Morgan fingerprint density at radius 1 is 0.971 bits per heavy atom. The van der Waals surface area contributed by atoms with Gasteiger partial charge in [-0.05, 0) is 67.4 Å². The molecular formula is C31H39NO2. The lowest BCUT2D eigenvalue weighted by Gasteiger charge is -2.34. The van der Waals surface area contributed by atoms with Gasteiger partial charge in [0.1, 0.15) is 0 Å². The number of carbonyl (C=O) groups is 2. The lowest BCUT2D eigenvalue weighted by atomic mass is 9.76. The number of ketones is 1. The summed E-state index contributed by atoms with van der Waals surface area (Å²) in [6.45, 7) is 13.1. The molecule has 34 heavy (non-hydrogen) atoms. The van der Waals surface area contributed by atoms with Crippen LogP contribution in [0.2, 0.25) is 0 Å². The molecule has 2 atom stereocenters. The summed E-state index contributed by atoms with van der Waals surface area (Å²) in [5.74, 6) is -0.243. The van der Waals surface area contributed by atoms with Crippen molar-refractivity contribution in [2.24, 2.45) is 11.3 Å². The number of hydrogen-bond donors (Lipinski definition) is 0. The van der Waals surface area contributed by atoms with Crippen molar-refractivity contribution in [3.8, 4) is 0 Å². The second kappa shape index (κ2) is 11.0. The molecule has 1 saturated heterocycles. The van der Waals surface area contributed by atoms with Crippen LogP contribution in [0.1, 0.15) is 70.6 Å². The zero-order valence-corrected chi connectivity index (χ0v) is 21.6. The summed E-state index contributed by atoms with van der Waals surface area (Å²) in [7, 11) is 0. The first-order valence-electron chi connectivity index (χ1n) is 12.4. The summed E-state index contributed by atoms with van der Waals surface area (Å²) < 4.78 is 0. The minimum atomic E-state index is -0.354. The van der Waals surface area contributed by atoms with Crippen LogP contribution in [0.15, 0.2) is 66.7 Å². The number of hydrogen-bond acceptors (Lipinski definition) is 2. The minimum absolute atomic E-state index is 0.0121. The Morgan fingerprint density at radius 2 is 1.59 bits per heavy atom. The summed E-state index contributed by atoms with van der Waals surface area (Å²) in [6, 6.07) is 18.6. The fourth-order valence-electron chi connectivity index (χ4n) is 4.69. The zero-order chi connectivity index (χ0) is 24.9. The van der Waals surface area contributed by atoms with Crippen molar-refractivity contribution in [2.75, 3.05) is 6.54 Å². The highest BCUT2D eigenvalue weighted by atomic mass is 16.2. The minimum Gasteiger partial charge on any atom is -0.336 e. The van der Waals surface area contributed by atoms with E-state index >= 15 is 0 Å². The first-order valence-corrected chi connectivity index (χ1v) is 12.4. The molecule has 0 spiro atoms. The molecule has 0 radical (unpaired) electrons. The van der Waals surface area contributed by atoms with Crippen molar-refractivity contribution in [1.29, 1.82) is 0 Å². The van der Waals surface area contributed by atoms with Gasteiger partial charge in [-0.3, -0.25) is 9.59 Å². The Morgan fingerprint density at radius 3 is 2.21 bits per heavy atom. The van der Waals surface area contributed by atoms with Crippen LogP contribution in [0.25, 0.3) is 11.1 Å². The summed E-state index contributed by atoms with van der Waals surface area (Å²) >= 11 is 0. The van der Waals surface area contributed by atoms with Crippen LogP contribution >= 0.6 is 0 Å². The highest BCUT2D eigenvalue weighted by Crippen LogP contribution is 2.34. The maximum Gasteiger partial charge on any atom is 0.227 e. The molecule has 0 aromatic heterocycles. The van der Waals surface area contributed by atoms with Gasteiger partial charge in [0.2, 0.25) is 5.91 Å². The van der Waals surface area contributed by atoms with E-state index in [9.17, 15) is 9.59 Å². The number of likely N-dealkylation sites (tertiary alicyclic amines) is 1. The van der Waals surface area contributed by atoms with E-state index in [1.165, 1.54) is 16.7 Å². The van der Waals surface area contributed by atoms with E-state index in [0.717, 1.165) is 30.5 Å². The fourth-order valence-corrected chi connectivity index (χ4v) is 4.69. The molecule has 2 aromatic rings. The molecule has 1 aliphatic rings. The van der Waals surface area contributed by atoms with Crippen LogP contribution < -0.4 is 0 Å². The molecule has 1 amide bonds. The van der Waals surface area contributed by atoms with Gasteiger partial charge in [0.25, 0.3) is 0 Å². The third kappa shape index (κ3) is 6.56. The van der Waals surface area contributed by atoms with Crippen molar-refractivity contribution >= 4 is 22.8 Å². The Kier molecular flexibility index (Phi) is 8.30. The Labute approximate surface area is 205 Å². The van der Waals surface area contributed by atoms with Crippen molar-refractivity contribution < 1.29 is 9.59 Å². The highest BCUT2D eigenvalue weighted by molar-refractivity contribution is 5.99. The molecule has 0 unspecified atom stereocenters. The second-order valence-electron chi connectivity index (χ2n) is 10.7. The highest BCUT2D eigenvalue weighted by Gasteiger charge is 2.39. The number of amides is 1. The lowest BCUT2D eigenvalue weighted by molar-refractivity contribution is -0.141. The second-order valence-corrected chi connectivity index (χ2v) is 10.7. The molecule has 2 aromatic carbocycles.